The number of nitrogen functional groups attached to an aromatic ring is 1. The van der Waals surface area contributed by atoms with Gasteiger partial charge in [-0.15, -0.1) is 0 Å². The molecule has 0 aliphatic heterocycles. The van der Waals surface area contributed by atoms with Crippen molar-refractivity contribution in [1.82, 2.24) is 0 Å². The second-order valence-electron chi connectivity index (χ2n) is 4.49. The molecule has 0 fully saturated rings. The van der Waals surface area contributed by atoms with Crippen molar-refractivity contribution in [2.45, 2.75) is 39.2 Å². The second kappa shape index (κ2) is 4.88. The van der Waals surface area contributed by atoms with Crippen LogP contribution in [0.25, 0.3) is 0 Å². The summed E-state index contributed by atoms with van der Waals surface area (Å²) in [6.07, 6.45) is 2.28. The zero-order valence-corrected chi connectivity index (χ0v) is 11.2. The molecule has 0 aliphatic rings. The molecule has 1 rings (SSSR count). The molecule has 15 heavy (non-hydrogen) atoms. The van der Waals surface area contributed by atoms with E-state index in [1.54, 1.807) is 0 Å². The summed E-state index contributed by atoms with van der Waals surface area (Å²) in [6.45, 7) is 6.57. The van der Waals surface area contributed by atoms with Crippen molar-refractivity contribution in [3.63, 3.8) is 0 Å². The van der Waals surface area contributed by atoms with Crippen molar-refractivity contribution in [2.24, 2.45) is 0 Å². The van der Waals surface area contributed by atoms with Gasteiger partial charge in [0, 0.05) is 10.0 Å². The molecule has 0 spiro atoms. The van der Waals surface area contributed by atoms with E-state index in [0.29, 0.717) is 0 Å². The van der Waals surface area contributed by atoms with Gasteiger partial charge in [0.05, 0.1) is 11.4 Å². The highest BCUT2D eigenvalue weighted by atomic mass is 79.9. The molecule has 0 saturated carbocycles. The predicted octanol–water partition coefficient (Wildman–Crippen LogP) is 4.02. The monoisotopic (exact) mass is 270 g/mol. The quantitative estimate of drug-likeness (QED) is 0.811. The zero-order chi connectivity index (χ0) is 11.5. The predicted molar refractivity (Wildman–Crippen MR) is 71.2 cm³/mol. The molecule has 0 radical (unpaired) electrons. The number of nitrogens with one attached hydrogen (secondary N) is 1. The normalized spacial score (nSPS) is 11.5. The summed E-state index contributed by atoms with van der Waals surface area (Å²) >= 11 is 3.45. The third kappa shape index (κ3) is 3.74. The van der Waals surface area contributed by atoms with E-state index in [4.69, 9.17) is 5.73 Å². The fourth-order valence-electron chi connectivity index (χ4n) is 1.69. The van der Waals surface area contributed by atoms with Crippen molar-refractivity contribution < 1.29 is 0 Å². The highest BCUT2D eigenvalue weighted by Gasteiger charge is 2.16. The van der Waals surface area contributed by atoms with Gasteiger partial charge in [-0.05, 0) is 38.5 Å². The minimum absolute atomic E-state index is 0.0870. The molecule has 1 aromatic carbocycles. The largest absolute Gasteiger partial charge is 0.397 e. The van der Waals surface area contributed by atoms with Crippen LogP contribution in [0.2, 0.25) is 0 Å². The first-order valence-electron chi connectivity index (χ1n) is 5.28. The van der Waals surface area contributed by atoms with E-state index in [1.165, 1.54) is 0 Å². The Kier molecular flexibility index (Phi) is 4.03. The lowest BCUT2D eigenvalue weighted by atomic mass is 9.98. The van der Waals surface area contributed by atoms with E-state index in [9.17, 15) is 0 Å². The van der Waals surface area contributed by atoms with Crippen molar-refractivity contribution in [3.05, 3.63) is 22.7 Å². The highest BCUT2D eigenvalue weighted by Crippen LogP contribution is 2.27. The molecule has 0 aromatic heterocycles. The molecule has 0 amide bonds. The van der Waals surface area contributed by atoms with Gasteiger partial charge >= 0.3 is 0 Å². The van der Waals surface area contributed by atoms with E-state index >= 15 is 0 Å². The average Bonchev–Trinajstić information content (AvgIpc) is 2.10. The fraction of sp³-hybridized carbons (Fsp3) is 0.500. The number of rotatable bonds is 4. The Labute approximate surface area is 100 Å². The Balaban J connectivity index is 2.83. The van der Waals surface area contributed by atoms with Crippen LogP contribution in [0.4, 0.5) is 11.4 Å². The Hall–Kier alpha value is -0.700. The molecule has 2 nitrogen and oxygen atoms in total. The maximum atomic E-state index is 5.91. The van der Waals surface area contributed by atoms with Crippen LogP contribution >= 0.6 is 15.9 Å². The van der Waals surface area contributed by atoms with Crippen LogP contribution in [-0.4, -0.2) is 5.54 Å². The first kappa shape index (κ1) is 12.4. The highest BCUT2D eigenvalue weighted by molar-refractivity contribution is 9.10. The van der Waals surface area contributed by atoms with E-state index in [-0.39, 0.29) is 5.54 Å². The number of hydrogen-bond acceptors (Lipinski definition) is 2. The van der Waals surface area contributed by atoms with Gasteiger partial charge < -0.3 is 11.1 Å². The van der Waals surface area contributed by atoms with Crippen LogP contribution in [0.3, 0.4) is 0 Å². The molecular weight excluding hydrogens is 252 g/mol. The lowest BCUT2D eigenvalue weighted by Gasteiger charge is -2.28. The SMILES string of the molecule is CCCC(C)(C)Nc1cc(Br)ccc1N. The first-order valence-corrected chi connectivity index (χ1v) is 6.07. The minimum atomic E-state index is 0.0870. The maximum Gasteiger partial charge on any atom is 0.0589 e. The molecule has 3 heteroatoms. The average molecular weight is 271 g/mol. The summed E-state index contributed by atoms with van der Waals surface area (Å²) in [6, 6.07) is 5.88. The first-order chi connectivity index (χ1) is 6.94. The van der Waals surface area contributed by atoms with Gasteiger partial charge in [-0.1, -0.05) is 29.3 Å². The molecule has 3 N–H and O–H groups in total. The fourth-order valence-corrected chi connectivity index (χ4v) is 2.05. The zero-order valence-electron chi connectivity index (χ0n) is 9.60. The third-order valence-electron chi connectivity index (χ3n) is 2.36. The van der Waals surface area contributed by atoms with E-state index in [0.717, 1.165) is 28.7 Å². The maximum absolute atomic E-state index is 5.91. The van der Waals surface area contributed by atoms with Crippen LogP contribution < -0.4 is 11.1 Å². The van der Waals surface area contributed by atoms with Crippen molar-refractivity contribution in [3.8, 4) is 0 Å². The Morgan fingerprint density at radius 1 is 1.40 bits per heavy atom. The molecule has 1 aromatic rings. The van der Waals surface area contributed by atoms with Crippen LogP contribution in [0.15, 0.2) is 22.7 Å². The number of benzene rings is 1. The summed E-state index contributed by atoms with van der Waals surface area (Å²) in [7, 11) is 0. The van der Waals surface area contributed by atoms with Crippen LogP contribution in [-0.2, 0) is 0 Å². The Morgan fingerprint density at radius 2 is 2.07 bits per heavy atom. The third-order valence-corrected chi connectivity index (χ3v) is 2.86. The molecule has 0 atom stereocenters. The summed E-state index contributed by atoms with van der Waals surface area (Å²) in [5, 5.41) is 3.47. The van der Waals surface area contributed by atoms with Gasteiger partial charge in [0.15, 0.2) is 0 Å². The molecular formula is C12H19BrN2. The molecule has 0 bridgehead atoms. The van der Waals surface area contributed by atoms with E-state index in [1.807, 2.05) is 18.2 Å². The molecule has 0 heterocycles. The van der Waals surface area contributed by atoms with Crippen LogP contribution in [0.5, 0.6) is 0 Å². The summed E-state index contributed by atoms with van der Waals surface area (Å²) < 4.78 is 1.05. The Bertz CT molecular complexity index is 334. The van der Waals surface area contributed by atoms with Gasteiger partial charge in [0.1, 0.15) is 0 Å². The summed E-state index contributed by atoms with van der Waals surface area (Å²) in [5.41, 5.74) is 7.79. The number of halogens is 1. The number of hydrogen-bond donors (Lipinski definition) is 2. The summed E-state index contributed by atoms with van der Waals surface area (Å²) in [4.78, 5) is 0. The smallest absolute Gasteiger partial charge is 0.0589 e. The second-order valence-corrected chi connectivity index (χ2v) is 5.41. The molecule has 0 aliphatic carbocycles. The Morgan fingerprint density at radius 3 is 2.67 bits per heavy atom. The van der Waals surface area contributed by atoms with Crippen molar-refractivity contribution >= 4 is 27.3 Å². The molecule has 84 valence electrons. The lowest BCUT2D eigenvalue weighted by Crippen LogP contribution is -2.30. The minimum Gasteiger partial charge on any atom is -0.397 e. The van der Waals surface area contributed by atoms with E-state index in [2.05, 4.69) is 42.0 Å². The number of anilines is 2. The topological polar surface area (TPSA) is 38.0 Å². The summed E-state index contributed by atoms with van der Waals surface area (Å²) in [5.74, 6) is 0. The molecule has 0 saturated heterocycles. The van der Waals surface area contributed by atoms with Gasteiger partial charge in [0.25, 0.3) is 0 Å². The van der Waals surface area contributed by atoms with Gasteiger partial charge in [-0.25, -0.2) is 0 Å². The van der Waals surface area contributed by atoms with Crippen molar-refractivity contribution in [2.75, 3.05) is 11.1 Å². The lowest BCUT2D eigenvalue weighted by molar-refractivity contribution is 0.511. The number of nitrogens with two attached hydrogens (primary N) is 1. The van der Waals surface area contributed by atoms with Gasteiger partial charge in [0.2, 0.25) is 0 Å². The van der Waals surface area contributed by atoms with Crippen LogP contribution in [0, 0.1) is 0 Å². The van der Waals surface area contributed by atoms with Gasteiger partial charge in [-0.2, -0.15) is 0 Å². The van der Waals surface area contributed by atoms with Crippen molar-refractivity contribution in [1.29, 1.82) is 0 Å². The van der Waals surface area contributed by atoms with E-state index < -0.39 is 0 Å². The molecule has 0 unspecified atom stereocenters. The van der Waals surface area contributed by atoms with Crippen LogP contribution in [0.1, 0.15) is 33.6 Å². The standard InChI is InChI=1S/C12H19BrN2/c1-4-7-12(2,3)15-11-8-9(13)5-6-10(11)14/h5-6,8,15H,4,7,14H2,1-3H3. The van der Waals surface area contributed by atoms with Gasteiger partial charge in [-0.3, -0.25) is 0 Å².